The molecule has 136 valence electrons. The number of benzene rings is 1. The molecular formula is C13H16Br4N2O5. The Kier molecular flexibility index (Phi) is 7.14. The standard InChI is InChI=1S/C13H16Br4N2O5/c14-8-9(15)11(17)13-12(10(8)16)18(1-6(22)3-20)5-19(13,24)2-7(23)4-21/h6-7,20-23H,1-5H2. The van der Waals surface area contributed by atoms with E-state index in [1.54, 1.807) is 4.90 Å². The van der Waals surface area contributed by atoms with Crippen molar-refractivity contribution in [2.45, 2.75) is 12.2 Å². The van der Waals surface area contributed by atoms with Crippen LogP contribution in [0.5, 0.6) is 0 Å². The quantitative estimate of drug-likeness (QED) is 0.173. The number of anilines is 1. The van der Waals surface area contributed by atoms with Gasteiger partial charge < -0.3 is 35.2 Å². The molecule has 0 aromatic heterocycles. The molecule has 0 fully saturated rings. The van der Waals surface area contributed by atoms with E-state index < -0.39 is 30.1 Å². The highest BCUT2D eigenvalue weighted by Crippen LogP contribution is 2.55. The summed E-state index contributed by atoms with van der Waals surface area (Å²) < 4.78 is 1.56. The first kappa shape index (κ1) is 21.0. The van der Waals surface area contributed by atoms with Crippen LogP contribution in [0.3, 0.4) is 0 Å². The van der Waals surface area contributed by atoms with Gasteiger partial charge in [-0.25, -0.2) is 0 Å². The van der Waals surface area contributed by atoms with Crippen LogP contribution < -0.4 is 9.55 Å². The molecule has 1 heterocycles. The Bertz CT molecular complexity index is 635. The van der Waals surface area contributed by atoms with E-state index >= 15 is 0 Å². The van der Waals surface area contributed by atoms with Crippen molar-refractivity contribution in [2.24, 2.45) is 0 Å². The van der Waals surface area contributed by atoms with Crippen molar-refractivity contribution in [3.8, 4) is 0 Å². The molecule has 0 spiro atoms. The van der Waals surface area contributed by atoms with E-state index in [9.17, 15) is 15.4 Å². The van der Waals surface area contributed by atoms with E-state index in [2.05, 4.69) is 63.7 Å². The lowest BCUT2D eigenvalue weighted by Gasteiger charge is -2.40. The Hall–Kier alpha value is 0.700. The molecule has 0 amide bonds. The fourth-order valence-electron chi connectivity index (χ4n) is 2.69. The molecule has 0 saturated carbocycles. The maximum atomic E-state index is 13.4. The number of hydrogen-bond donors (Lipinski definition) is 4. The number of aliphatic hydroxyl groups excluding tert-OH is 4. The summed E-state index contributed by atoms with van der Waals surface area (Å²) in [6.07, 6.45) is -2.19. The lowest BCUT2D eigenvalue weighted by atomic mass is 10.2. The van der Waals surface area contributed by atoms with Crippen LogP contribution in [-0.2, 0) is 0 Å². The summed E-state index contributed by atoms with van der Waals surface area (Å²) in [5.41, 5.74) is 0.930. The van der Waals surface area contributed by atoms with Crippen LogP contribution in [0, 0.1) is 5.21 Å². The zero-order chi connectivity index (χ0) is 18.2. The van der Waals surface area contributed by atoms with Crippen molar-refractivity contribution in [1.29, 1.82) is 0 Å². The molecule has 3 atom stereocenters. The van der Waals surface area contributed by atoms with Gasteiger partial charge in [-0.15, -0.1) is 0 Å². The number of fused-ring (bicyclic) bond motifs is 1. The fourth-order valence-corrected chi connectivity index (χ4v) is 5.34. The first-order valence-corrected chi connectivity index (χ1v) is 10.1. The molecule has 11 heteroatoms. The molecule has 2 rings (SSSR count). The summed E-state index contributed by atoms with van der Waals surface area (Å²) in [4.78, 5) is 1.65. The summed E-state index contributed by atoms with van der Waals surface area (Å²) in [6, 6.07) is 0. The van der Waals surface area contributed by atoms with Gasteiger partial charge in [0.05, 0.1) is 39.3 Å². The lowest BCUT2D eigenvalue weighted by molar-refractivity contribution is 0.0725. The van der Waals surface area contributed by atoms with Crippen molar-refractivity contribution in [3.05, 3.63) is 23.1 Å². The zero-order valence-corrected chi connectivity index (χ0v) is 18.6. The van der Waals surface area contributed by atoms with Crippen LogP contribution in [-0.4, -0.2) is 65.6 Å². The van der Waals surface area contributed by atoms with Crippen molar-refractivity contribution in [2.75, 3.05) is 37.9 Å². The van der Waals surface area contributed by atoms with Gasteiger partial charge in [0.1, 0.15) is 18.3 Å². The number of rotatable bonds is 6. The van der Waals surface area contributed by atoms with E-state index in [1.165, 1.54) is 0 Å². The number of β-amino-alcohol motifs (C(OH)–C–C–N with tert-alkyl or cyclic N) is 1. The molecule has 4 N–H and O–H groups in total. The summed E-state index contributed by atoms with van der Waals surface area (Å²) in [6.45, 7) is -1.20. The van der Waals surface area contributed by atoms with Crippen molar-refractivity contribution in [1.82, 2.24) is 4.65 Å². The molecule has 1 aliphatic heterocycles. The molecule has 24 heavy (non-hydrogen) atoms. The highest BCUT2D eigenvalue weighted by molar-refractivity contribution is 9.15. The van der Waals surface area contributed by atoms with Crippen LogP contribution in [0.1, 0.15) is 0 Å². The van der Waals surface area contributed by atoms with Crippen LogP contribution in [0.15, 0.2) is 17.9 Å². The van der Waals surface area contributed by atoms with Gasteiger partial charge >= 0.3 is 0 Å². The maximum absolute atomic E-state index is 13.4. The molecule has 0 radical (unpaired) electrons. The van der Waals surface area contributed by atoms with E-state index in [-0.39, 0.29) is 19.8 Å². The van der Waals surface area contributed by atoms with Crippen molar-refractivity contribution < 1.29 is 20.4 Å². The molecule has 3 unspecified atom stereocenters. The SMILES string of the molecule is [O-][N+]1(CC(O)CO)CN(CC(O)CO)c2c(Br)c(Br)c(Br)c(Br)c21. The number of nitrogens with zero attached hydrogens (tertiary/aromatic N) is 2. The Morgan fingerprint density at radius 3 is 2.04 bits per heavy atom. The van der Waals surface area contributed by atoms with Gasteiger partial charge in [-0.1, -0.05) is 0 Å². The smallest absolute Gasteiger partial charge is 0.174 e. The molecular weight excluding hydrogens is 584 g/mol. The lowest BCUT2D eigenvalue weighted by Crippen LogP contribution is -2.52. The molecule has 0 saturated heterocycles. The first-order chi connectivity index (χ1) is 11.2. The van der Waals surface area contributed by atoms with Gasteiger partial charge in [0.15, 0.2) is 12.4 Å². The van der Waals surface area contributed by atoms with Gasteiger partial charge in [0, 0.05) is 4.47 Å². The second-order valence-electron chi connectivity index (χ2n) is 5.56. The topological polar surface area (TPSA) is 107 Å². The summed E-state index contributed by atoms with van der Waals surface area (Å²) in [7, 11) is 0. The Balaban J connectivity index is 2.60. The number of hydrogen-bond acceptors (Lipinski definition) is 6. The van der Waals surface area contributed by atoms with Gasteiger partial charge in [-0.05, 0) is 63.7 Å². The average Bonchev–Trinajstić information content (AvgIpc) is 2.82. The molecule has 7 nitrogen and oxygen atoms in total. The third-order valence-corrected chi connectivity index (χ3v) is 8.43. The minimum absolute atomic E-state index is 0.0556. The van der Waals surface area contributed by atoms with Crippen LogP contribution in [0.4, 0.5) is 11.4 Å². The molecule has 0 bridgehead atoms. The van der Waals surface area contributed by atoms with Gasteiger partial charge in [-0.2, -0.15) is 0 Å². The van der Waals surface area contributed by atoms with E-state index in [4.69, 9.17) is 10.2 Å². The van der Waals surface area contributed by atoms with Crippen LogP contribution in [0.2, 0.25) is 0 Å². The largest absolute Gasteiger partial charge is 0.626 e. The fraction of sp³-hybridized carbons (Fsp3) is 0.538. The predicted octanol–water partition coefficient (Wildman–Crippen LogP) is 2.03. The second-order valence-corrected chi connectivity index (χ2v) is 8.73. The van der Waals surface area contributed by atoms with Crippen molar-refractivity contribution in [3.63, 3.8) is 0 Å². The third kappa shape index (κ3) is 3.85. The average molecular weight is 600 g/mol. The van der Waals surface area contributed by atoms with Crippen LogP contribution >= 0.6 is 63.7 Å². The van der Waals surface area contributed by atoms with Gasteiger partial charge in [0.25, 0.3) is 0 Å². The number of quaternary nitrogens is 1. The highest BCUT2D eigenvalue weighted by atomic mass is 79.9. The predicted molar refractivity (Wildman–Crippen MR) is 106 cm³/mol. The minimum atomic E-state index is -1.17. The Labute approximate surface area is 172 Å². The Morgan fingerprint density at radius 2 is 1.50 bits per heavy atom. The number of aliphatic hydroxyl groups is 4. The molecule has 0 aliphatic carbocycles. The van der Waals surface area contributed by atoms with E-state index in [1.807, 2.05) is 0 Å². The van der Waals surface area contributed by atoms with Crippen LogP contribution in [0.25, 0.3) is 0 Å². The zero-order valence-electron chi connectivity index (χ0n) is 12.3. The molecule has 1 aromatic rings. The van der Waals surface area contributed by atoms with E-state index in [0.717, 1.165) is 0 Å². The summed E-state index contributed by atoms with van der Waals surface area (Å²) >= 11 is 13.7. The third-order valence-electron chi connectivity index (χ3n) is 3.70. The van der Waals surface area contributed by atoms with Gasteiger partial charge in [0.2, 0.25) is 0 Å². The summed E-state index contributed by atoms with van der Waals surface area (Å²) in [5, 5.41) is 51.2. The van der Waals surface area contributed by atoms with Gasteiger partial charge in [-0.3, -0.25) is 0 Å². The first-order valence-electron chi connectivity index (χ1n) is 6.93. The Morgan fingerprint density at radius 1 is 0.958 bits per heavy atom. The van der Waals surface area contributed by atoms with Crippen molar-refractivity contribution >= 4 is 75.1 Å². The second kappa shape index (κ2) is 8.15. The number of halogens is 4. The summed E-state index contributed by atoms with van der Waals surface area (Å²) in [5.74, 6) is 0. The molecule has 1 aliphatic rings. The molecule has 1 aromatic carbocycles. The normalized spacial score (nSPS) is 22.6. The number of hydroxylamine groups is 2. The highest BCUT2D eigenvalue weighted by Gasteiger charge is 2.43. The van der Waals surface area contributed by atoms with E-state index in [0.29, 0.717) is 29.3 Å². The monoisotopic (exact) mass is 596 g/mol. The maximum Gasteiger partial charge on any atom is 0.174 e. The minimum Gasteiger partial charge on any atom is -0.626 e.